The number of thiophene rings is 1. The van der Waals surface area contributed by atoms with Gasteiger partial charge in [0.1, 0.15) is 0 Å². The van der Waals surface area contributed by atoms with Crippen molar-refractivity contribution in [3.8, 4) is 0 Å². The van der Waals surface area contributed by atoms with Crippen molar-refractivity contribution in [2.75, 3.05) is 5.32 Å². The lowest BCUT2D eigenvalue weighted by Gasteiger charge is -2.08. The largest absolute Gasteiger partial charge is 0.378 e. The predicted molar refractivity (Wildman–Crippen MR) is 75.1 cm³/mol. The molecule has 0 amide bonds. The van der Waals surface area contributed by atoms with Gasteiger partial charge in [0.15, 0.2) is 5.15 Å². The van der Waals surface area contributed by atoms with Gasteiger partial charge in [-0.15, -0.1) is 11.3 Å². The van der Waals surface area contributed by atoms with E-state index in [1.807, 2.05) is 24.3 Å². The topological polar surface area (TPSA) is 24.9 Å². The van der Waals surface area contributed by atoms with E-state index in [0.717, 1.165) is 17.8 Å². The van der Waals surface area contributed by atoms with E-state index in [4.69, 9.17) is 11.6 Å². The summed E-state index contributed by atoms with van der Waals surface area (Å²) in [4.78, 5) is 6.82. The molecule has 2 rings (SSSR count). The first-order chi connectivity index (χ1) is 8.06. The summed E-state index contributed by atoms with van der Waals surface area (Å²) in [6, 6.07) is 4.23. The monoisotopic (exact) mass is 266 g/mol. The first-order valence-corrected chi connectivity index (χ1v) is 6.67. The Morgan fingerprint density at radius 2 is 2.06 bits per heavy atom. The van der Waals surface area contributed by atoms with Crippen LogP contribution in [0.4, 0.5) is 5.69 Å². The molecule has 0 unspecified atom stereocenters. The third-order valence-corrected chi connectivity index (χ3v) is 3.90. The van der Waals surface area contributed by atoms with Crippen molar-refractivity contribution in [2.45, 2.75) is 27.3 Å². The summed E-state index contributed by atoms with van der Waals surface area (Å²) in [5.41, 5.74) is 3.33. The molecule has 17 heavy (non-hydrogen) atoms. The zero-order valence-corrected chi connectivity index (χ0v) is 11.7. The molecular formula is C13H15ClN2S. The molecule has 0 aliphatic heterocycles. The number of aryl methyl sites for hydroxylation is 3. The van der Waals surface area contributed by atoms with Crippen LogP contribution in [0.25, 0.3) is 0 Å². The third-order valence-electron chi connectivity index (χ3n) is 2.59. The van der Waals surface area contributed by atoms with E-state index in [-0.39, 0.29) is 0 Å². The van der Waals surface area contributed by atoms with Gasteiger partial charge in [0, 0.05) is 22.5 Å². The minimum absolute atomic E-state index is 0.528. The van der Waals surface area contributed by atoms with Crippen LogP contribution in [0.1, 0.15) is 20.9 Å². The molecular weight excluding hydrogens is 252 g/mol. The average Bonchev–Trinajstić information content (AvgIpc) is 2.59. The van der Waals surface area contributed by atoms with E-state index in [0.29, 0.717) is 5.15 Å². The van der Waals surface area contributed by atoms with Crippen LogP contribution in [0.3, 0.4) is 0 Å². The fourth-order valence-electron chi connectivity index (χ4n) is 1.73. The zero-order chi connectivity index (χ0) is 12.4. The molecule has 0 saturated heterocycles. The second-order valence-corrected chi connectivity index (χ2v) is 5.96. The summed E-state index contributed by atoms with van der Waals surface area (Å²) in [6.07, 6.45) is 1.77. The Kier molecular flexibility index (Phi) is 3.69. The van der Waals surface area contributed by atoms with Gasteiger partial charge in [-0.3, -0.25) is 0 Å². The molecule has 2 aromatic heterocycles. The number of rotatable bonds is 3. The van der Waals surface area contributed by atoms with E-state index in [2.05, 4.69) is 30.2 Å². The van der Waals surface area contributed by atoms with Crippen LogP contribution in [0, 0.1) is 20.8 Å². The smallest absolute Gasteiger partial charge is 0.152 e. The highest BCUT2D eigenvalue weighted by atomic mass is 35.5. The summed E-state index contributed by atoms with van der Waals surface area (Å²) in [6.45, 7) is 7.07. The number of halogens is 1. The van der Waals surface area contributed by atoms with Gasteiger partial charge in [-0.1, -0.05) is 11.6 Å². The highest BCUT2D eigenvalue weighted by molar-refractivity contribution is 7.12. The number of aromatic nitrogens is 1. The van der Waals surface area contributed by atoms with E-state index in [1.54, 1.807) is 6.20 Å². The highest BCUT2D eigenvalue weighted by Gasteiger charge is 2.05. The van der Waals surface area contributed by atoms with Gasteiger partial charge >= 0.3 is 0 Å². The maximum absolute atomic E-state index is 6.04. The molecule has 0 spiro atoms. The van der Waals surface area contributed by atoms with E-state index in [1.165, 1.54) is 15.3 Å². The molecule has 0 aromatic carbocycles. The van der Waals surface area contributed by atoms with Crippen molar-refractivity contribution in [1.82, 2.24) is 4.98 Å². The molecule has 90 valence electrons. The minimum Gasteiger partial charge on any atom is -0.378 e. The Labute approximate surface area is 111 Å². The number of anilines is 1. The van der Waals surface area contributed by atoms with Crippen LogP contribution in [-0.4, -0.2) is 4.98 Å². The van der Waals surface area contributed by atoms with Crippen molar-refractivity contribution in [3.05, 3.63) is 44.4 Å². The van der Waals surface area contributed by atoms with Gasteiger partial charge in [-0.25, -0.2) is 4.98 Å². The van der Waals surface area contributed by atoms with Crippen molar-refractivity contribution in [3.63, 3.8) is 0 Å². The Balaban J connectivity index is 2.12. The van der Waals surface area contributed by atoms with E-state index in [9.17, 15) is 0 Å². The third kappa shape index (κ3) is 2.99. The molecule has 2 aromatic rings. The first kappa shape index (κ1) is 12.4. The molecule has 2 heterocycles. The normalized spacial score (nSPS) is 10.6. The number of nitrogens with one attached hydrogen (secondary N) is 1. The fraction of sp³-hybridized carbons (Fsp3) is 0.308. The number of hydrogen-bond acceptors (Lipinski definition) is 3. The van der Waals surface area contributed by atoms with E-state index >= 15 is 0 Å². The Morgan fingerprint density at radius 3 is 2.71 bits per heavy atom. The molecule has 0 radical (unpaired) electrons. The van der Waals surface area contributed by atoms with Gasteiger partial charge in [0.2, 0.25) is 0 Å². The molecule has 4 heteroatoms. The Morgan fingerprint density at radius 1 is 1.29 bits per heavy atom. The van der Waals surface area contributed by atoms with Crippen LogP contribution in [0.5, 0.6) is 0 Å². The molecule has 0 atom stereocenters. The van der Waals surface area contributed by atoms with Crippen molar-refractivity contribution in [1.29, 1.82) is 0 Å². The maximum Gasteiger partial charge on any atom is 0.152 e. The van der Waals surface area contributed by atoms with Gasteiger partial charge in [0.25, 0.3) is 0 Å². The van der Waals surface area contributed by atoms with Crippen LogP contribution >= 0.6 is 22.9 Å². The molecule has 0 fully saturated rings. The fourth-order valence-corrected chi connectivity index (χ4v) is 2.84. The number of hydrogen-bond donors (Lipinski definition) is 1. The lowest BCUT2D eigenvalue weighted by Crippen LogP contribution is -2.01. The summed E-state index contributed by atoms with van der Waals surface area (Å²) < 4.78 is 0. The van der Waals surface area contributed by atoms with E-state index < -0.39 is 0 Å². The first-order valence-electron chi connectivity index (χ1n) is 5.48. The molecule has 2 nitrogen and oxygen atoms in total. The highest BCUT2D eigenvalue weighted by Crippen LogP contribution is 2.24. The molecule has 0 aliphatic rings. The Bertz CT molecular complexity index is 534. The quantitative estimate of drug-likeness (QED) is 0.837. The zero-order valence-electron chi connectivity index (χ0n) is 10.2. The van der Waals surface area contributed by atoms with Gasteiger partial charge < -0.3 is 5.32 Å². The molecule has 0 bridgehead atoms. The summed E-state index contributed by atoms with van der Waals surface area (Å²) in [7, 11) is 0. The SMILES string of the molecule is Cc1cnc(Cl)c(NCc2cc(C)sc2C)c1. The Hall–Kier alpha value is -1.06. The lowest BCUT2D eigenvalue weighted by atomic mass is 10.2. The second kappa shape index (κ2) is 5.07. The summed E-state index contributed by atoms with van der Waals surface area (Å²) in [5.74, 6) is 0. The summed E-state index contributed by atoms with van der Waals surface area (Å²) >= 11 is 7.86. The van der Waals surface area contributed by atoms with Crippen LogP contribution in [-0.2, 0) is 6.54 Å². The number of pyridine rings is 1. The maximum atomic E-state index is 6.04. The van der Waals surface area contributed by atoms with Gasteiger partial charge in [-0.05, 0) is 44.0 Å². The second-order valence-electron chi connectivity index (χ2n) is 4.14. The molecule has 0 aliphatic carbocycles. The van der Waals surface area contributed by atoms with Gasteiger partial charge in [-0.2, -0.15) is 0 Å². The minimum atomic E-state index is 0.528. The van der Waals surface area contributed by atoms with Crippen LogP contribution in [0.15, 0.2) is 18.3 Å². The lowest BCUT2D eigenvalue weighted by molar-refractivity contribution is 1.12. The van der Waals surface area contributed by atoms with Crippen molar-refractivity contribution >= 4 is 28.6 Å². The van der Waals surface area contributed by atoms with Crippen LogP contribution < -0.4 is 5.32 Å². The van der Waals surface area contributed by atoms with Crippen molar-refractivity contribution < 1.29 is 0 Å². The number of nitrogens with zero attached hydrogens (tertiary/aromatic N) is 1. The predicted octanol–water partition coefficient (Wildman–Crippen LogP) is 4.33. The average molecular weight is 267 g/mol. The van der Waals surface area contributed by atoms with Crippen LogP contribution in [0.2, 0.25) is 5.15 Å². The molecule has 0 saturated carbocycles. The van der Waals surface area contributed by atoms with Crippen molar-refractivity contribution in [2.24, 2.45) is 0 Å². The van der Waals surface area contributed by atoms with Gasteiger partial charge in [0.05, 0.1) is 5.69 Å². The summed E-state index contributed by atoms with van der Waals surface area (Å²) in [5, 5.41) is 3.86. The molecule has 1 N–H and O–H groups in total. The standard InChI is InChI=1S/C13H15ClN2S/c1-8-4-12(13(14)16-6-8)15-7-11-5-9(2)17-10(11)3/h4-6,15H,7H2,1-3H3.